The van der Waals surface area contributed by atoms with E-state index in [2.05, 4.69) is 6.92 Å². The van der Waals surface area contributed by atoms with Crippen molar-refractivity contribution in [3.05, 3.63) is 11.1 Å². The SMILES string of the molecule is CC1C[C@H](O)C2=C1CCCC2. The van der Waals surface area contributed by atoms with Crippen LogP contribution in [0.3, 0.4) is 0 Å². The third kappa shape index (κ3) is 1.12. The second-order valence-corrected chi connectivity index (χ2v) is 3.91. The molecule has 11 heavy (non-hydrogen) atoms. The number of rotatable bonds is 0. The average molecular weight is 152 g/mol. The molecule has 0 heterocycles. The van der Waals surface area contributed by atoms with Gasteiger partial charge in [-0.1, -0.05) is 12.5 Å². The highest BCUT2D eigenvalue weighted by molar-refractivity contribution is 5.28. The lowest BCUT2D eigenvalue weighted by atomic mass is 9.90. The quantitative estimate of drug-likeness (QED) is 0.528. The van der Waals surface area contributed by atoms with Crippen molar-refractivity contribution in [1.82, 2.24) is 0 Å². The standard InChI is InChI=1S/C10H16O/c1-7-6-10(11)9-5-3-2-4-8(7)9/h7,10-11H,2-6H2,1H3/t7?,10-/m0/s1. The fourth-order valence-electron chi connectivity index (χ4n) is 2.51. The van der Waals surface area contributed by atoms with E-state index in [1.807, 2.05) is 0 Å². The van der Waals surface area contributed by atoms with E-state index in [0.717, 1.165) is 6.42 Å². The molecule has 2 aliphatic carbocycles. The van der Waals surface area contributed by atoms with E-state index in [4.69, 9.17) is 0 Å². The first-order valence-corrected chi connectivity index (χ1v) is 4.69. The van der Waals surface area contributed by atoms with Gasteiger partial charge in [0.15, 0.2) is 0 Å². The molecule has 1 nitrogen and oxygen atoms in total. The van der Waals surface area contributed by atoms with E-state index >= 15 is 0 Å². The van der Waals surface area contributed by atoms with E-state index in [1.165, 1.54) is 31.3 Å². The lowest BCUT2D eigenvalue weighted by molar-refractivity contribution is 0.198. The third-order valence-corrected chi connectivity index (χ3v) is 3.13. The molecular formula is C10H16O. The van der Waals surface area contributed by atoms with Crippen molar-refractivity contribution < 1.29 is 5.11 Å². The molecule has 0 aromatic rings. The molecule has 2 atom stereocenters. The monoisotopic (exact) mass is 152 g/mol. The lowest BCUT2D eigenvalue weighted by Crippen LogP contribution is -2.06. The molecule has 2 aliphatic rings. The van der Waals surface area contributed by atoms with Crippen LogP contribution in [0.2, 0.25) is 0 Å². The lowest BCUT2D eigenvalue weighted by Gasteiger charge is -2.16. The van der Waals surface area contributed by atoms with Crippen LogP contribution < -0.4 is 0 Å². The highest BCUT2D eigenvalue weighted by Gasteiger charge is 2.30. The number of hydrogen-bond donors (Lipinski definition) is 1. The van der Waals surface area contributed by atoms with Crippen LogP contribution >= 0.6 is 0 Å². The zero-order valence-electron chi connectivity index (χ0n) is 7.14. The van der Waals surface area contributed by atoms with Crippen molar-refractivity contribution in [1.29, 1.82) is 0 Å². The number of hydrogen-bond acceptors (Lipinski definition) is 1. The Labute approximate surface area is 68.1 Å². The summed E-state index contributed by atoms with van der Waals surface area (Å²) in [5.74, 6) is 0.667. The summed E-state index contributed by atoms with van der Waals surface area (Å²) in [6, 6.07) is 0. The zero-order chi connectivity index (χ0) is 7.84. The number of aliphatic hydroxyl groups is 1. The molecule has 0 saturated heterocycles. The largest absolute Gasteiger partial charge is 0.389 e. The van der Waals surface area contributed by atoms with Gasteiger partial charge in [-0.05, 0) is 43.6 Å². The van der Waals surface area contributed by atoms with Crippen LogP contribution in [-0.4, -0.2) is 11.2 Å². The summed E-state index contributed by atoms with van der Waals surface area (Å²) >= 11 is 0. The maximum atomic E-state index is 9.64. The Kier molecular flexibility index (Phi) is 1.76. The summed E-state index contributed by atoms with van der Waals surface area (Å²) in [6.07, 6.45) is 5.97. The number of allylic oxidation sites excluding steroid dienone is 1. The maximum Gasteiger partial charge on any atom is 0.0758 e. The Morgan fingerprint density at radius 2 is 1.82 bits per heavy atom. The molecule has 0 radical (unpaired) electrons. The first-order valence-electron chi connectivity index (χ1n) is 4.69. The van der Waals surface area contributed by atoms with Crippen molar-refractivity contribution >= 4 is 0 Å². The highest BCUT2D eigenvalue weighted by atomic mass is 16.3. The van der Waals surface area contributed by atoms with E-state index in [0.29, 0.717) is 5.92 Å². The van der Waals surface area contributed by atoms with Gasteiger partial charge in [0.05, 0.1) is 6.10 Å². The Morgan fingerprint density at radius 1 is 1.18 bits per heavy atom. The summed E-state index contributed by atoms with van der Waals surface area (Å²) in [4.78, 5) is 0. The predicted molar refractivity (Wildman–Crippen MR) is 45.3 cm³/mol. The van der Waals surface area contributed by atoms with Crippen LogP contribution in [0.5, 0.6) is 0 Å². The van der Waals surface area contributed by atoms with Crippen molar-refractivity contribution in [3.8, 4) is 0 Å². The summed E-state index contributed by atoms with van der Waals surface area (Å²) in [7, 11) is 0. The molecule has 0 spiro atoms. The summed E-state index contributed by atoms with van der Waals surface area (Å²) in [5.41, 5.74) is 2.98. The smallest absolute Gasteiger partial charge is 0.0758 e. The van der Waals surface area contributed by atoms with E-state index in [-0.39, 0.29) is 6.10 Å². The maximum absolute atomic E-state index is 9.64. The third-order valence-electron chi connectivity index (χ3n) is 3.13. The fraction of sp³-hybridized carbons (Fsp3) is 0.800. The first-order chi connectivity index (χ1) is 5.29. The van der Waals surface area contributed by atoms with E-state index in [9.17, 15) is 5.11 Å². The van der Waals surface area contributed by atoms with Gasteiger partial charge in [-0.2, -0.15) is 0 Å². The van der Waals surface area contributed by atoms with Crippen LogP contribution in [0.1, 0.15) is 39.0 Å². The van der Waals surface area contributed by atoms with Crippen LogP contribution in [0.15, 0.2) is 11.1 Å². The Morgan fingerprint density at radius 3 is 2.45 bits per heavy atom. The minimum absolute atomic E-state index is 0.0831. The van der Waals surface area contributed by atoms with Gasteiger partial charge in [-0.25, -0.2) is 0 Å². The van der Waals surface area contributed by atoms with Crippen LogP contribution in [-0.2, 0) is 0 Å². The molecule has 2 rings (SSSR count). The van der Waals surface area contributed by atoms with E-state index < -0.39 is 0 Å². The molecule has 62 valence electrons. The van der Waals surface area contributed by atoms with Gasteiger partial charge in [0.1, 0.15) is 0 Å². The van der Waals surface area contributed by atoms with Crippen molar-refractivity contribution in [3.63, 3.8) is 0 Å². The molecular weight excluding hydrogens is 136 g/mol. The molecule has 1 heteroatoms. The molecule has 0 saturated carbocycles. The Hall–Kier alpha value is -0.300. The van der Waals surface area contributed by atoms with E-state index in [1.54, 1.807) is 5.57 Å². The number of aliphatic hydroxyl groups excluding tert-OH is 1. The van der Waals surface area contributed by atoms with Gasteiger partial charge in [0, 0.05) is 0 Å². The van der Waals surface area contributed by atoms with Crippen molar-refractivity contribution in [2.24, 2.45) is 5.92 Å². The van der Waals surface area contributed by atoms with Gasteiger partial charge in [-0.3, -0.25) is 0 Å². The van der Waals surface area contributed by atoms with Crippen LogP contribution in [0.4, 0.5) is 0 Å². The molecule has 0 fully saturated rings. The highest BCUT2D eigenvalue weighted by Crippen LogP contribution is 2.40. The molecule has 0 aliphatic heterocycles. The topological polar surface area (TPSA) is 20.2 Å². The van der Waals surface area contributed by atoms with Gasteiger partial charge >= 0.3 is 0 Å². The molecule has 0 aromatic heterocycles. The Bertz CT molecular complexity index is 173. The molecule has 1 N–H and O–H groups in total. The van der Waals surface area contributed by atoms with Gasteiger partial charge < -0.3 is 5.11 Å². The fourth-order valence-corrected chi connectivity index (χ4v) is 2.51. The average Bonchev–Trinajstić information content (AvgIpc) is 2.30. The summed E-state index contributed by atoms with van der Waals surface area (Å²) in [6.45, 7) is 2.25. The first kappa shape index (κ1) is 7.35. The predicted octanol–water partition coefficient (Wildman–Crippen LogP) is 2.26. The van der Waals surface area contributed by atoms with Crippen LogP contribution in [0.25, 0.3) is 0 Å². The van der Waals surface area contributed by atoms with Gasteiger partial charge in [0.25, 0.3) is 0 Å². The second kappa shape index (κ2) is 2.63. The van der Waals surface area contributed by atoms with Crippen molar-refractivity contribution in [2.45, 2.75) is 45.1 Å². The van der Waals surface area contributed by atoms with Crippen molar-refractivity contribution in [2.75, 3.05) is 0 Å². The zero-order valence-corrected chi connectivity index (χ0v) is 7.14. The van der Waals surface area contributed by atoms with Gasteiger partial charge in [-0.15, -0.1) is 0 Å². The van der Waals surface area contributed by atoms with Gasteiger partial charge in [0.2, 0.25) is 0 Å². The minimum atomic E-state index is -0.0831. The summed E-state index contributed by atoms with van der Waals surface area (Å²) < 4.78 is 0. The molecule has 1 unspecified atom stereocenters. The summed E-state index contributed by atoms with van der Waals surface area (Å²) in [5, 5.41) is 9.64. The minimum Gasteiger partial charge on any atom is -0.389 e. The normalized spacial score (nSPS) is 37.6. The van der Waals surface area contributed by atoms with Crippen LogP contribution in [0, 0.1) is 5.92 Å². The molecule has 0 aromatic carbocycles. The molecule has 0 bridgehead atoms. The second-order valence-electron chi connectivity index (χ2n) is 3.91. The Balaban J connectivity index is 2.25. The molecule has 0 amide bonds.